The number of halogens is 7. The number of aryl methyl sites for hydroxylation is 1. The van der Waals surface area contributed by atoms with E-state index < -0.39 is 16.7 Å². The van der Waals surface area contributed by atoms with Crippen molar-refractivity contribution in [2.45, 2.75) is 148 Å². The molecule has 4 aliphatic rings. The average molecular weight is 1330 g/mol. The van der Waals surface area contributed by atoms with E-state index in [1.807, 2.05) is 68.1 Å². The van der Waals surface area contributed by atoms with Gasteiger partial charge in [0, 0.05) is 181 Å². The van der Waals surface area contributed by atoms with Crippen LogP contribution in [0.4, 0.5) is 41.6 Å². The molecule has 8 aromatic carbocycles. The Hall–Kier alpha value is -6.65. The van der Waals surface area contributed by atoms with Crippen LogP contribution in [0.1, 0.15) is 147 Å². The number of nitrogens with zero attached hydrogens (tertiary/aromatic N) is 5. The van der Waals surface area contributed by atoms with Gasteiger partial charge in [-0.3, -0.25) is 10.1 Å². The lowest BCUT2D eigenvalue weighted by Crippen LogP contribution is -2.40. The van der Waals surface area contributed by atoms with E-state index in [9.17, 15) is 43.7 Å². The molecule has 0 spiro atoms. The smallest absolute Gasteiger partial charge is 0.417 e. The van der Waals surface area contributed by atoms with Crippen molar-refractivity contribution in [3.63, 3.8) is 0 Å². The molecule has 0 fully saturated rings. The maximum Gasteiger partial charge on any atom is 0.417 e. The van der Waals surface area contributed by atoms with E-state index in [2.05, 4.69) is 90.0 Å². The molecule has 4 atom stereocenters. The van der Waals surface area contributed by atoms with Crippen LogP contribution in [0.3, 0.4) is 0 Å². The number of ether oxygens (including phenoxy) is 1. The molecule has 488 valence electrons. The molecule has 0 radical (unpaired) electrons. The summed E-state index contributed by atoms with van der Waals surface area (Å²) < 4.78 is 46.2. The van der Waals surface area contributed by atoms with Crippen LogP contribution in [-0.2, 0) is 12.6 Å². The van der Waals surface area contributed by atoms with Crippen LogP contribution in [0, 0.1) is 10.1 Å². The maximum absolute atomic E-state index is 13.6. The highest BCUT2D eigenvalue weighted by Gasteiger charge is 2.43. The van der Waals surface area contributed by atoms with Crippen LogP contribution in [-0.4, -0.2) is 104 Å². The fourth-order valence-corrected chi connectivity index (χ4v) is 15.0. The number of aromatic hydroxyl groups is 4. The van der Waals surface area contributed by atoms with Crippen LogP contribution in [0.15, 0.2) is 97.1 Å². The summed E-state index contributed by atoms with van der Waals surface area (Å²) in [7, 11) is 1.66. The van der Waals surface area contributed by atoms with Crippen LogP contribution < -0.4 is 24.3 Å². The first-order valence-electron chi connectivity index (χ1n) is 30.8. The third kappa shape index (κ3) is 12.8. The Kier molecular flexibility index (Phi) is 19.4. The zero-order valence-electron chi connectivity index (χ0n) is 54.3. The lowest BCUT2D eigenvalue weighted by Gasteiger charge is -2.35. The molecule has 0 amide bonds. The minimum Gasteiger partial charge on any atom is -0.507 e. The molecule has 4 heterocycles. The van der Waals surface area contributed by atoms with Gasteiger partial charge in [-0.05, 0) is 135 Å². The van der Waals surface area contributed by atoms with E-state index in [0.717, 1.165) is 70.1 Å². The second-order valence-corrected chi connectivity index (χ2v) is 29.3. The van der Waals surface area contributed by atoms with Gasteiger partial charge >= 0.3 is 6.18 Å². The highest BCUT2D eigenvalue weighted by molar-refractivity contribution is 6.20. The fraction of sp³-hybridized carbons (Fsp3) is 0.444. The van der Waals surface area contributed by atoms with Gasteiger partial charge in [-0.1, -0.05) is 61.5 Å². The molecule has 0 aliphatic carbocycles. The summed E-state index contributed by atoms with van der Waals surface area (Å²) >= 11 is 24.8. The molecular formula is C72H84Cl4F3N5O7. The Morgan fingerprint density at radius 3 is 1.13 bits per heavy atom. The summed E-state index contributed by atoms with van der Waals surface area (Å²) in [5, 5.41) is 58.5. The Bertz CT molecular complexity index is 3960. The highest BCUT2D eigenvalue weighted by atomic mass is 35.5. The van der Waals surface area contributed by atoms with Crippen molar-refractivity contribution in [2.24, 2.45) is 0 Å². The molecule has 4 aliphatic heterocycles. The number of nitro benzene ring substituents is 1. The third-order valence-corrected chi connectivity index (χ3v) is 19.6. The zero-order chi connectivity index (χ0) is 66.9. The van der Waals surface area contributed by atoms with Crippen molar-refractivity contribution in [1.82, 2.24) is 0 Å². The topological polar surface area (TPSA) is 146 Å². The molecule has 12 rings (SSSR count). The van der Waals surface area contributed by atoms with E-state index in [-0.39, 0.29) is 79.5 Å². The Morgan fingerprint density at radius 1 is 0.484 bits per heavy atom. The number of methoxy groups -OCH3 is 1. The van der Waals surface area contributed by atoms with Crippen molar-refractivity contribution in [3.8, 4) is 28.7 Å². The lowest BCUT2D eigenvalue weighted by atomic mass is 9.91. The first-order valence-corrected chi connectivity index (χ1v) is 32.9. The molecule has 91 heavy (non-hydrogen) atoms. The van der Waals surface area contributed by atoms with E-state index in [1.54, 1.807) is 31.4 Å². The summed E-state index contributed by atoms with van der Waals surface area (Å²) in [5.74, 6) is 3.46. The normalized spacial score (nSPS) is 17.9. The van der Waals surface area contributed by atoms with Gasteiger partial charge in [0.25, 0.3) is 5.69 Å². The van der Waals surface area contributed by atoms with Gasteiger partial charge in [-0.25, -0.2) is 0 Å². The number of nitro groups is 1. The summed E-state index contributed by atoms with van der Waals surface area (Å²) in [6, 6.07) is 27.7. The van der Waals surface area contributed by atoms with Crippen molar-refractivity contribution in [1.29, 1.82) is 0 Å². The highest BCUT2D eigenvalue weighted by Crippen LogP contribution is 2.54. The fourth-order valence-electron chi connectivity index (χ4n) is 14.0. The Morgan fingerprint density at radius 2 is 0.791 bits per heavy atom. The molecule has 0 unspecified atom stereocenters. The number of phenolic OH excluding ortho intramolecular Hbond substituents is 4. The van der Waals surface area contributed by atoms with Crippen LogP contribution >= 0.6 is 46.4 Å². The number of hydrogen-bond acceptors (Lipinski definition) is 11. The summed E-state index contributed by atoms with van der Waals surface area (Å²) in [6.45, 7) is 30.5. The maximum atomic E-state index is 13.6. The third-order valence-electron chi connectivity index (χ3n) is 18.2. The number of non-ortho nitro benzene ring substituents is 1. The van der Waals surface area contributed by atoms with Crippen molar-refractivity contribution in [3.05, 3.63) is 141 Å². The number of rotatable bonds is 7. The van der Waals surface area contributed by atoms with Gasteiger partial charge in [0.05, 0.1) is 23.0 Å². The quantitative estimate of drug-likeness (QED) is 0.0687. The first kappa shape index (κ1) is 68.7. The monoisotopic (exact) mass is 1330 g/mol. The molecule has 12 nitrogen and oxygen atoms in total. The average Bonchev–Trinajstić information content (AvgIpc) is 1.67. The van der Waals surface area contributed by atoms with E-state index in [0.29, 0.717) is 64.4 Å². The summed E-state index contributed by atoms with van der Waals surface area (Å²) in [6.07, 6.45) is -3.54. The van der Waals surface area contributed by atoms with Gasteiger partial charge in [-0.2, -0.15) is 13.2 Å². The van der Waals surface area contributed by atoms with E-state index in [1.165, 1.54) is 40.3 Å². The minimum atomic E-state index is -4.49. The first-order chi connectivity index (χ1) is 42.6. The van der Waals surface area contributed by atoms with Gasteiger partial charge in [-0.15, -0.1) is 46.4 Å². The number of hydrogen-bond donors (Lipinski definition) is 4. The number of phenols is 4. The van der Waals surface area contributed by atoms with Crippen LogP contribution in [0.25, 0.3) is 43.1 Å². The minimum absolute atomic E-state index is 0.00454. The van der Waals surface area contributed by atoms with Crippen LogP contribution in [0.5, 0.6) is 28.7 Å². The molecule has 0 bridgehead atoms. The van der Waals surface area contributed by atoms with Gasteiger partial charge < -0.3 is 44.8 Å². The van der Waals surface area contributed by atoms with Gasteiger partial charge in [0.2, 0.25) is 0 Å². The number of fused-ring (bicyclic) bond motifs is 12. The molecular weight excluding hydrogens is 1250 g/mol. The van der Waals surface area contributed by atoms with Crippen LogP contribution in [0.2, 0.25) is 0 Å². The van der Waals surface area contributed by atoms with Crippen molar-refractivity contribution >= 4 is 118 Å². The SMILES string of the molecule is CC(C)(C)N1C[C@@H](CCl)c2c1cc(O)c1cccc(C(F)(F)F)c21.CC(C)(C)N1C[C@@H](CCl)c2c1cc(O)c1cccc([N+](=O)[O-])c21.CCc1cccc2c(O)cc3c(c12)[C@H](CCl)CN3C(C)(C)C.COc1cccc2c(O)cc3c(c12)[C@H](CCl)CN3C(C)(C)C. The van der Waals surface area contributed by atoms with Gasteiger partial charge in [0.15, 0.2) is 0 Å². The predicted molar refractivity (Wildman–Crippen MR) is 372 cm³/mol. The Labute approximate surface area is 552 Å². The van der Waals surface area contributed by atoms with E-state index >= 15 is 0 Å². The molecule has 0 saturated carbocycles. The van der Waals surface area contributed by atoms with E-state index in [4.69, 9.17) is 51.1 Å². The molecule has 8 aromatic rings. The number of benzene rings is 8. The largest absolute Gasteiger partial charge is 0.507 e. The van der Waals surface area contributed by atoms with Crippen molar-refractivity contribution < 1.29 is 43.3 Å². The predicted octanol–water partition coefficient (Wildman–Crippen LogP) is 19.4. The van der Waals surface area contributed by atoms with Gasteiger partial charge in [0.1, 0.15) is 28.7 Å². The molecule has 4 N–H and O–H groups in total. The second kappa shape index (κ2) is 25.7. The van der Waals surface area contributed by atoms with Crippen molar-refractivity contribution in [2.75, 3.05) is 76.4 Å². The molecule has 19 heteroatoms. The molecule has 0 saturated heterocycles. The number of anilines is 4. The molecule has 0 aromatic heterocycles. The zero-order valence-corrected chi connectivity index (χ0v) is 57.3. The Balaban J connectivity index is 0.000000144. The standard InChI is InChI=1S/C19H24ClNO.C18H19ClF3NO.C18H22ClNO2.C17H19ClN2O3/c1-5-12-7-6-8-14-16(22)9-15-18(17(12)14)13(10-20)11-21(15)19(2,3)4;1-17(2,3)23-9-10(8-19)15-13(23)7-14(24)11-5-4-6-12(16(11)15)18(20,21)22;1-18(2,3)20-10-11(9-19)16-13(20)8-14(21)12-6-5-7-15(22-4)17(12)16;1-17(2,3)19-9-10(8-18)15-13(19)7-14(21)11-5-4-6-12(16(11)15)20(22)23/h6-9,13,22H,5,10-11H2,1-4H3;4-7,10,24H,8-9H2,1-3H3;5-8,11,21H,9-10H2,1-4H3;4-7,10,21H,8-9H2,1-3H3/t13-;10-;11-;10-/m1111/s1. The lowest BCUT2D eigenvalue weighted by molar-refractivity contribution is -0.383. The summed E-state index contributed by atoms with van der Waals surface area (Å²) in [4.78, 5) is 20.0. The second-order valence-electron chi connectivity index (χ2n) is 28.1. The number of alkyl halides is 7. The summed E-state index contributed by atoms with van der Waals surface area (Å²) in [5.41, 5.74) is 7.74.